The van der Waals surface area contributed by atoms with Gasteiger partial charge in [-0.1, -0.05) is 6.92 Å². The molecule has 2 atom stereocenters. The van der Waals surface area contributed by atoms with Gasteiger partial charge in [-0.25, -0.2) is 0 Å². The lowest BCUT2D eigenvalue weighted by atomic mass is 10.1. The molecule has 2 fully saturated rings. The average Bonchev–Trinajstić information content (AvgIpc) is 2.92. The summed E-state index contributed by atoms with van der Waals surface area (Å²) in [4.78, 5) is 14.0. The van der Waals surface area contributed by atoms with Crippen LogP contribution in [0.5, 0.6) is 0 Å². The zero-order valence-corrected chi connectivity index (χ0v) is 9.34. The highest BCUT2D eigenvalue weighted by Crippen LogP contribution is 2.44. The van der Waals surface area contributed by atoms with E-state index in [-0.39, 0.29) is 17.6 Å². The van der Waals surface area contributed by atoms with Gasteiger partial charge in [0, 0.05) is 6.54 Å². The fourth-order valence-electron chi connectivity index (χ4n) is 2.59. The Morgan fingerprint density at radius 3 is 2.71 bits per heavy atom. The lowest BCUT2D eigenvalue weighted by Gasteiger charge is -2.35. The molecule has 1 saturated heterocycles. The molecule has 0 aromatic heterocycles. The molecular weight excluding hydrogens is 176 g/mol. The van der Waals surface area contributed by atoms with Crippen molar-refractivity contribution in [2.45, 2.75) is 51.7 Å². The summed E-state index contributed by atoms with van der Waals surface area (Å²) in [6.45, 7) is 7.17. The lowest BCUT2D eigenvalue weighted by molar-refractivity contribution is -0.132. The van der Waals surface area contributed by atoms with E-state index in [0.717, 1.165) is 13.0 Å². The number of amides is 1. The van der Waals surface area contributed by atoms with Crippen LogP contribution in [0.4, 0.5) is 0 Å². The number of nitrogens with one attached hydrogen (secondary N) is 1. The van der Waals surface area contributed by atoms with E-state index >= 15 is 0 Å². The molecule has 2 unspecified atom stereocenters. The first kappa shape index (κ1) is 9.97. The molecule has 0 radical (unpaired) electrons. The predicted molar refractivity (Wildman–Crippen MR) is 55.7 cm³/mol. The van der Waals surface area contributed by atoms with Gasteiger partial charge in [0.25, 0.3) is 0 Å². The zero-order chi connectivity index (χ0) is 10.3. The Balaban J connectivity index is 2.18. The van der Waals surface area contributed by atoms with Crippen LogP contribution in [0.3, 0.4) is 0 Å². The summed E-state index contributed by atoms with van der Waals surface area (Å²) < 4.78 is 0. The van der Waals surface area contributed by atoms with Crippen LogP contribution in [0.1, 0.15) is 40.0 Å². The highest BCUT2D eigenvalue weighted by Gasteiger charge is 2.53. The monoisotopic (exact) mass is 196 g/mol. The van der Waals surface area contributed by atoms with Gasteiger partial charge in [0.1, 0.15) is 0 Å². The van der Waals surface area contributed by atoms with Gasteiger partial charge in [0.05, 0.1) is 11.7 Å². The Morgan fingerprint density at radius 2 is 2.21 bits per heavy atom. The maximum absolute atomic E-state index is 11.9. The SMILES string of the molecule is CCCN1C(=O)C(C)NC1(C)C1CC1. The van der Waals surface area contributed by atoms with Gasteiger partial charge in [-0.3, -0.25) is 10.1 Å². The average molecular weight is 196 g/mol. The normalized spacial score (nSPS) is 38.1. The largest absolute Gasteiger partial charge is 0.323 e. The Hall–Kier alpha value is -0.570. The summed E-state index contributed by atoms with van der Waals surface area (Å²) in [7, 11) is 0. The summed E-state index contributed by atoms with van der Waals surface area (Å²) >= 11 is 0. The number of hydrogen-bond donors (Lipinski definition) is 1. The van der Waals surface area contributed by atoms with E-state index in [1.54, 1.807) is 0 Å². The highest BCUT2D eigenvalue weighted by atomic mass is 16.2. The maximum Gasteiger partial charge on any atom is 0.240 e. The van der Waals surface area contributed by atoms with E-state index in [1.807, 2.05) is 6.92 Å². The third kappa shape index (κ3) is 1.34. The molecule has 1 aliphatic carbocycles. The van der Waals surface area contributed by atoms with Crippen LogP contribution in [-0.4, -0.2) is 29.1 Å². The smallest absolute Gasteiger partial charge is 0.240 e. The second kappa shape index (κ2) is 3.23. The van der Waals surface area contributed by atoms with E-state index in [1.165, 1.54) is 12.8 Å². The van der Waals surface area contributed by atoms with Crippen LogP contribution in [0.25, 0.3) is 0 Å². The minimum absolute atomic E-state index is 0.00662. The standard InChI is InChI=1S/C11H20N2O/c1-4-7-13-10(14)8(2)12-11(13,3)9-5-6-9/h8-9,12H,4-7H2,1-3H3. The molecule has 1 saturated carbocycles. The van der Waals surface area contributed by atoms with E-state index in [2.05, 4.69) is 24.1 Å². The molecule has 3 heteroatoms. The molecule has 3 nitrogen and oxygen atoms in total. The number of nitrogens with zero attached hydrogens (tertiary/aromatic N) is 1. The second-order valence-corrected chi connectivity index (χ2v) is 4.78. The molecule has 1 amide bonds. The topological polar surface area (TPSA) is 32.3 Å². The van der Waals surface area contributed by atoms with Crippen molar-refractivity contribution >= 4 is 5.91 Å². The van der Waals surface area contributed by atoms with Crippen molar-refractivity contribution in [3.63, 3.8) is 0 Å². The summed E-state index contributed by atoms with van der Waals surface area (Å²) in [6.07, 6.45) is 3.58. The summed E-state index contributed by atoms with van der Waals surface area (Å²) in [5.41, 5.74) is -0.0491. The van der Waals surface area contributed by atoms with E-state index in [0.29, 0.717) is 5.92 Å². The summed E-state index contributed by atoms with van der Waals surface area (Å²) in [5, 5.41) is 3.45. The maximum atomic E-state index is 11.9. The number of carbonyl (C=O) groups excluding carboxylic acids is 1. The first-order valence-electron chi connectivity index (χ1n) is 5.68. The molecule has 80 valence electrons. The third-order valence-electron chi connectivity index (χ3n) is 3.53. The highest BCUT2D eigenvalue weighted by molar-refractivity contribution is 5.84. The lowest BCUT2D eigenvalue weighted by Crippen LogP contribution is -2.52. The van der Waals surface area contributed by atoms with E-state index in [4.69, 9.17) is 0 Å². The van der Waals surface area contributed by atoms with Crippen LogP contribution in [0.15, 0.2) is 0 Å². The van der Waals surface area contributed by atoms with E-state index in [9.17, 15) is 4.79 Å². The van der Waals surface area contributed by atoms with Gasteiger partial charge in [-0.2, -0.15) is 0 Å². The molecule has 2 rings (SSSR count). The van der Waals surface area contributed by atoms with Crippen molar-refractivity contribution in [3.05, 3.63) is 0 Å². The fourth-order valence-corrected chi connectivity index (χ4v) is 2.59. The predicted octanol–water partition coefficient (Wildman–Crippen LogP) is 1.34. The van der Waals surface area contributed by atoms with Crippen LogP contribution < -0.4 is 5.32 Å². The molecule has 1 aliphatic heterocycles. The summed E-state index contributed by atoms with van der Waals surface area (Å²) in [5.74, 6) is 0.962. The van der Waals surface area contributed by atoms with Crippen LogP contribution in [0.2, 0.25) is 0 Å². The Kier molecular flexibility index (Phi) is 2.30. The number of rotatable bonds is 3. The van der Waals surface area contributed by atoms with Crippen molar-refractivity contribution in [2.75, 3.05) is 6.54 Å². The van der Waals surface area contributed by atoms with Crippen LogP contribution in [-0.2, 0) is 4.79 Å². The molecule has 0 aromatic rings. The molecule has 14 heavy (non-hydrogen) atoms. The molecule has 1 N–H and O–H groups in total. The second-order valence-electron chi connectivity index (χ2n) is 4.78. The Morgan fingerprint density at radius 1 is 1.57 bits per heavy atom. The van der Waals surface area contributed by atoms with Gasteiger partial charge in [-0.05, 0) is 39.0 Å². The van der Waals surface area contributed by atoms with Gasteiger partial charge in [0.15, 0.2) is 0 Å². The zero-order valence-electron chi connectivity index (χ0n) is 9.34. The van der Waals surface area contributed by atoms with Gasteiger partial charge in [-0.15, -0.1) is 0 Å². The summed E-state index contributed by atoms with van der Waals surface area (Å²) in [6, 6.07) is 0.00662. The fraction of sp³-hybridized carbons (Fsp3) is 0.909. The van der Waals surface area contributed by atoms with Crippen LogP contribution >= 0.6 is 0 Å². The Labute approximate surface area is 85.8 Å². The molecule has 1 heterocycles. The first-order chi connectivity index (χ1) is 6.59. The first-order valence-corrected chi connectivity index (χ1v) is 5.68. The number of carbonyl (C=O) groups is 1. The Bertz CT molecular complexity index is 250. The minimum Gasteiger partial charge on any atom is -0.323 e. The quantitative estimate of drug-likeness (QED) is 0.739. The molecule has 0 bridgehead atoms. The van der Waals surface area contributed by atoms with Crippen molar-refractivity contribution < 1.29 is 4.79 Å². The van der Waals surface area contributed by atoms with Crippen molar-refractivity contribution in [1.29, 1.82) is 0 Å². The van der Waals surface area contributed by atoms with Crippen molar-refractivity contribution in [2.24, 2.45) is 5.92 Å². The third-order valence-corrected chi connectivity index (χ3v) is 3.53. The van der Waals surface area contributed by atoms with E-state index < -0.39 is 0 Å². The van der Waals surface area contributed by atoms with Crippen molar-refractivity contribution in [3.8, 4) is 0 Å². The molecule has 2 aliphatic rings. The minimum atomic E-state index is -0.0491. The molecule has 0 aromatic carbocycles. The molecular formula is C11H20N2O. The van der Waals surface area contributed by atoms with Crippen LogP contribution in [0, 0.1) is 5.92 Å². The van der Waals surface area contributed by atoms with Gasteiger partial charge >= 0.3 is 0 Å². The van der Waals surface area contributed by atoms with Gasteiger partial charge < -0.3 is 4.90 Å². The number of hydrogen-bond acceptors (Lipinski definition) is 2. The molecule has 0 spiro atoms. The van der Waals surface area contributed by atoms with Crippen molar-refractivity contribution in [1.82, 2.24) is 10.2 Å². The van der Waals surface area contributed by atoms with Gasteiger partial charge in [0.2, 0.25) is 5.91 Å².